The van der Waals surface area contributed by atoms with E-state index >= 15 is 0 Å². The van der Waals surface area contributed by atoms with Crippen molar-refractivity contribution in [3.8, 4) is 0 Å². The molecule has 1 aliphatic carbocycles. The Morgan fingerprint density at radius 3 is 2.75 bits per heavy atom. The molecule has 0 heterocycles. The van der Waals surface area contributed by atoms with Crippen LogP contribution in [0.2, 0.25) is 0 Å². The highest BCUT2D eigenvalue weighted by Gasteiger charge is 2.46. The van der Waals surface area contributed by atoms with E-state index in [1.165, 1.54) is 26.4 Å². The van der Waals surface area contributed by atoms with Crippen molar-refractivity contribution in [1.82, 2.24) is 0 Å². The first kappa shape index (κ1) is 8.96. The standard InChI is InChI=1S/C7H6NO4/c1-12-7(9)5-3-2-4-6(5)8(10)11/h2-4H,1H3. The van der Waals surface area contributed by atoms with E-state index < -0.39 is 10.9 Å². The Morgan fingerprint density at radius 1 is 1.58 bits per heavy atom. The van der Waals surface area contributed by atoms with E-state index in [4.69, 9.17) is 0 Å². The first-order valence-corrected chi connectivity index (χ1v) is 3.15. The summed E-state index contributed by atoms with van der Waals surface area (Å²) in [6, 6.07) is -0.221. The van der Waals surface area contributed by atoms with E-state index in [2.05, 4.69) is 4.74 Å². The highest BCUT2D eigenvalue weighted by molar-refractivity contribution is 5.92. The fourth-order valence-electron chi connectivity index (χ4n) is 0.852. The molecule has 0 unspecified atom stereocenters. The molecule has 1 aliphatic rings. The van der Waals surface area contributed by atoms with E-state index in [-0.39, 0.29) is 12.0 Å². The normalized spacial score (nSPS) is 19.4. The third kappa shape index (κ3) is 1.54. The van der Waals surface area contributed by atoms with Crippen molar-refractivity contribution in [2.75, 3.05) is 7.11 Å². The molecule has 0 aromatic heterocycles. The molecule has 5 heteroatoms. The quantitative estimate of drug-likeness (QED) is 0.335. The minimum Gasteiger partial charge on any atom is -0.468 e. The lowest BCUT2D eigenvalue weighted by atomic mass is 10.1. The van der Waals surface area contributed by atoms with Crippen molar-refractivity contribution < 1.29 is 14.5 Å². The molecule has 1 saturated carbocycles. The fraction of sp³-hybridized carbons (Fsp3) is 0.143. The van der Waals surface area contributed by atoms with Gasteiger partial charge in [0.15, 0.2) is 5.92 Å². The smallest absolute Gasteiger partial charge is 0.321 e. The number of ether oxygens (including phenoxy) is 1. The van der Waals surface area contributed by atoms with Gasteiger partial charge in [-0.05, 0) is 12.8 Å². The van der Waals surface area contributed by atoms with E-state index in [0.717, 1.165) is 0 Å². The van der Waals surface area contributed by atoms with Crippen molar-refractivity contribution in [3.63, 3.8) is 0 Å². The number of carbonyl (C=O) groups excluding carboxylic acids is 1. The van der Waals surface area contributed by atoms with Crippen LogP contribution in [0.3, 0.4) is 0 Å². The van der Waals surface area contributed by atoms with Gasteiger partial charge in [-0.1, -0.05) is 0 Å². The maximum atomic E-state index is 10.9. The molecule has 0 atom stereocenters. The van der Waals surface area contributed by atoms with E-state index in [1.807, 2.05) is 0 Å². The molecule has 0 spiro atoms. The van der Waals surface area contributed by atoms with Gasteiger partial charge >= 0.3 is 12.0 Å². The number of rotatable bonds is 2. The Bertz CT molecular complexity index is 204. The lowest BCUT2D eigenvalue weighted by molar-refractivity contribution is -0.454. The number of carbonyl (C=O) groups is 1. The van der Waals surface area contributed by atoms with Crippen LogP contribution in [-0.2, 0) is 9.53 Å². The Hall–Kier alpha value is -1.13. The number of methoxy groups -OCH3 is 1. The third-order valence-corrected chi connectivity index (χ3v) is 1.39. The zero-order valence-electron chi connectivity index (χ0n) is 6.31. The van der Waals surface area contributed by atoms with Gasteiger partial charge in [0.1, 0.15) is 0 Å². The second kappa shape index (κ2) is 3.51. The maximum absolute atomic E-state index is 10.9. The van der Waals surface area contributed by atoms with Crippen molar-refractivity contribution in [2.45, 2.75) is 0 Å². The first-order chi connectivity index (χ1) is 5.66. The molecule has 63 valence electrons. The summed E-state index contributed by atoms with van der Waals surface area (Å²) >= 11 is 0. The van der Waals surface area contributed by atoms with Crippen molar-refractivity contribution in [1.29, 1.82) is 0 Å². The van der Waals surface area contributed by atoms with Crippen LogP contribution in [0.5, 0.6) is 0 Å². The molecule has 5 nitrogen and oxygen atoms in total. The molecule has 0 saturated heterocycles. The maximum Gasteiger partial charge on any atom is 0.321 e. The topological polar surface area (TPSA) is 69.4 Å². The third-order valence-electron chi connectivity index (χ3n) is 1.39. The van der Waals surface area contributed by atoms with Crippen LogP contribution < -0.4 is 0 Å². The SMILES string of the molecule is COC(=O)[C]1[CH][CH][CH][C]1[N+](=O)[O-]. The lowest BCUT2D eigenvalue weighted by Crippen LogP contribution is -2.22. The molecular formula is C7H6NO4. The average Bonchev–Trinajstić information content (AvgIpc) is 2.50. The van der Waals surface area contributed by atoms with Crippen LogP contribution in [-0.4, -0.2) is 18.0 Å². The van der Waals surface area contributed by atoms with Gasteiger partial charge in [0.25, 0.3) is 0 Å². The fourth-order valence-corrected chi connectivity index (χ4v) is 0.852. The first-order valence-electron chi connectivity index (χ1n) is 3.15. The molecule has 0 N–H and O–H groups in total. The molecule has 0 bridgehead atoms. The highest BCUT2D eigenvalue weighted by atomic mass is 16.6. The molecule has 0 amide bonds. The van der Waals surface area contributed by atoms with E-state index in [0.29, 0.717) is 0 Å². The largest absolute Gasteiger partial charge is 0.468 e. The number of hydrogen-bond acceptors (Lipinski definition) is 4. The Morgan fingerprint density at radius 2 is 2.25 bits per heavy atom. The summed E-state index contributed by atoms with van der Waals surface area (Å²) in [4.78, 5) is 20.6. The van der Waals surface area contributed by atoms with Gasteiger partial charge in [-0.3, -0.25) is 14.9 Å². The van der Waals surface area contributed by atoms with Gasteiger partial charge < -0.3 is 4.74 Å². The second-order valence-electron chi connectivity index (χ2n) is 2.07. The monoisotopic (exact) mass is 168 g/mol. The van der Waals surface area contributed by atoms with Gasteiger partial charge in [0.2, 0.25) is 0 Å². The summed E-state index contributed by atoms with van der Waals surface area (Å²) in [6.07, 6.45) is 4.04. The second-order valence-corrected chi connectivity index (χ2v) is 2.07. The van der Waals surface area contributed by atoms with E-state index in [9.17, 15) is 14.9 Å². The predicted octanol–water partition coefficient (Wildman–Crippen LogP) is 0.169. The summed E-state index contributed by atoms with van der Waals surface area (Å²) in [5, 5.41) is 10.3. The van der Waals surface area contributed by atoms with Crippen LogP contribution in [0.25, 0.3) is 0 Å². The molecule has 12 heavy (non-hydrogen) atoms. The summed E-state index contributed by atoms with van der Waals surface area (Å²) in [7, 11) is 1.18. The molecule has 0 aromatic carbocycles. The van der Waals surface area contributed by atoms with Crippen LogP contribution >= 0.6 is 0 Å². The zero-order valence-corrected chi connectivity index (χ0v) is 6.31. The Labute approximate surface area is 69.9 Å². The molecule has 1 rings (SSSR count). The molecule has 0 aliphatic heterocycles. The summed E-state index contributed by atoms with van der Waals surface area (Å²) < 4.78 is 4.34. The number of nitrogens with zero attached hydrogens (tertiary/aromatic N) is 1. The van der Waals surface area contributed by atoms with Crippen LogP contribution in [0.15, 0.2) is 0 Å². The van der Waals surface area contributed by atoms with Gasteiger partial charge in [-0.2, -0.15) is 0 Å². The Balaban J connectivity index is 2.63. The van der Waals surface area contributed by atoms with E-state index in [1.54, 1.807) is 0 Å². The highest BCUT2D eigenvalue weighted by Crippen LogP contribution is 2.33. The molecule has 5 radical (unpaired) electrons. The lowest BCUT2D eigenvalue weighted by Gasteiger charge is -2.06. The van der Waals surface area contributed by atoms with Gasteiger partial charge in [-0.15, -0.1) is 0 Å². The molecule has 0 aromatic rings. The number of nitro groups is 1. The van der Waals surface area contributed by atoms with Crippen molar-refractivity contribution >= 4 is 5.97 Å². The summed E-state index contributed by atoms with van der Waals surface area (Å²) in [5.74, 6) is -0.700. The Kier molecular flexibility index (Phi) is 2.62. The van der Waals surface area contributed by atoms with Crippen LogP contribution in [0.4, 0.5) is 0 Å². The zero-order chi connectivity index (χ0) is 9.14. The minimum atomic E-state index is -0.688. The molecule has 1 fully saturated rings. The van der Waals surface area contributed by atoms with Crippen LogP contribution in [0, 0.1) is 41.3 Å². The van der Waals surface area contributed by atoms with Gasteiger partial charge in [0, 0.05) is 4.92 Å². The average molecular weight is 168 g/mol. The molecular weight excluding hydrogens is 162 g/mol. The summed E-state index contributed by atoms with van der Waals surface area (Å²) in [5.41, 5.74) is 0. The summed E-state index contributed by atoms with van der Waals surface area (Å²) in [6.45, 7) is 0. The minimum absolute atomic E-state index is 0.0116. The van der Waals surface area contributed by atoms with Gasteiger partial charge in [0.05, 0.1) is 13.5 Å². The number of hydrogen-bond donors (Lipinski definition) is 0. The van der Waals surface area contributed by atoms with Crippen molar-refractivity contribution in [3.05, 3.63) is 41.3 Å². The van der Waals surface area contributed by atoms with Crippen molar-refractivity contribution in [2.24, 2.45) is 0 Å². The number of esters is 1. The van der Waals surface area contributed by atoms with Gasteiger partial charge in [-0.25, -0.2) is 0 Å². The van der Waals surface area contributed by atoms with Crippen LogP contribution in [0.1, 0.15) is 0 Å². The predicted molar refractivity (Wildman–Crippen MR) is 38.4 cm³/mol.